The molecular weight excluding hydrogens is 800 g/mol. The second-order valence-corrected chi connectivity index (χ2v) is 17.4. The Labute approximate surface area is 356 Å². The van der Waals surface area contributed by atoms with Gasteiger partial charge in [-0.25, -0.2) is 20.7 Å². The molecule has 4 rings (SSSR count). The van der Waals surface area contributed by atoms with Crippen molar-refractivity contribution in [2.24, 2.45) is 17.8 Å². The van der Waals surface area contributed by atoms with Crippen LogP contribution in [-0.2, 0) is 47.8 Å². The Morgan fingerprint density at radius 1 is 0.918 bits per heavy atom. The van der Waals surface area contributed by atoms with E-state index in [-0.39, 0.29) is 43.3 Å². The van der Waals surface area contributed by atoms with Gasteiger partial charge in [0.1, 0.15) is 30.3 Å². The molecule has 344 valence electrons. The zero-order valence-electron chi connectivity index (χ0n) is 36.8. The van der Waals surface area contributed by atoms with Crippen molar-refractivity contribution in [2.45, 2.75) is 167 Å². The maximum Gasteiger partial charge on any atom is 0.331 e. The van der Waals surface area contributed by atoms with Crippen LogP contribution in [0.15, 0.2) is 0 Å². The SMILES string of the molecule is CC[C@H](C)C[C@H]1CC[C@](O)([C@](C)(O)C(=O)N[C@@H]2C(=O)N3NCCC[C@@H]3C(=O)N(C(C)=O)[C@@H](C)C(=O)NCC(=O)N3NCCC[C@H]3C(=O)N(O)[C@H](C)C(=O)O[C@H]2C(C)C)O[C@@H]1C. The molecule has 0 aliphatic carbocycles. The van der Waals surface area contributed by atoms with Crippen LogP contribution in [0, 0.1) is 17.8 Å². The van der Waals surface area contributed by atoms with Gasteiger partial charge in [-0.15, -0.1) is 0 Å². The van der Waals surface area contributed by atoms with Gasteiger partial charge in [-0.05, 0) is 84.0 Å². The minimum Gasteiger partial charge on any atom is -0.458 e. The molecule has 4 saturated heterocycles. The van der Waals surface area contributed by atoms with E-state index in [0.717, 1.165) is 43.6 Å². The Kier molecular flexibility index (Phi) is 16.4. The third-order valence-electron chi connectivity index (χ3n) is 12.6. The number of ether oxygens (including phenoxy) is 2. The van der Waals surface area contributed by atoms with E-state index in [1.807, 2.05) is 0 Å². The number of cyclic esters (lactones) is 1. The fraction of sp³-hybridized carbons (Fsp3) is 0.800. The van der Waals surface area contributed by atoms with Crippen molar-refractivity contribution < 1.29 is 63.3 Å². The summed E-state index contributed by atoms with van der Waals surface area (Å²) < 4.78 is 11.8. The summed E-state index contributed by atoms with van der Waals surface area (Å²) in [4.78, 5) is 112. The van der Waals surface area contributed by atoms with Gasteiger partial charge in [0, 0.05) is 26.4 Å². The predicted octanol–water partition coefficient (Wildman–Crippen LogP) is -0.779. The third kappa shape index (κ3) is 10.7. The number of hydrazine groups is 2. The lowest BCUT2D eigenvalue weighted by Crippen LogP contribution is -2.70. The van der Waals surface area contributed by atoms with Crippen molar-refractivity contribution in [1.82, 2.24) is 41.5 Å². The summed E-state index contributed by atoms with van der Waals surface area (Å²) in [7, 11) is 0. The summed E-state index contributed by atoms with van der Waals surface area (Å²) in [6, 6.07) is -7.97. The van der Waals surface area contributed by atoms with Gasteiger partial charge >= 0.3 is 5.97 Å². The summed E-state index contributed by atoms with van der Waals surface area (Å²) in [5.41, 5.74) is 2.89. The van der Waals surface area contributed by atoms with E-state index in [4.69, 9.17) is 9.47 Å². The first-order chi connectivity index (χ1) is 28.5. The highest BCUT2D eigenvalue weighted by Gasteiger charge is 2.57. The van der Waals surface area contributed by atoms with Crippen LogP contribution < -0.4 is 21.5 Å². The molecule has 4 fully saturated rings. The van der Waals surface area contributed by atoms with Gasteiger partial charge in [-0.3, -0.25) is 53.7 Å². The fourth-order valence-corrected chi connectivity index (χ4v) is 8.31. The molecule has 0 aromatic heterocycles. The highest BCUT2D eigenvalue weighted by Crippen LogP contribution is 2.40. The lowest BCUT2D eigenvalue weighted by Gasteiger charge is -2.47. The molecule has 21 nitrogen and oxygen atoms in total. The molecule has 0 aromatic rings. The molecule has 0 aromatic carbocycles. The quantitative estimate of drug-likeness (QED) is 0.122. The minimum atomic E-state index is -2.71. The molecule has 0 spiro atoms. The summed E-state index contributed by atoms with van der Waals surface area (Å²) in [5, 5.41) is 41.5. The monoisotopic (exact) mass is 866 g/mol. The number of nitrogens with one attached hydrogen (secondary N) is 4. The number of rotatable bonds is 7. The fourth-order valence-electron chi connectivity index (χ4n) is 8.31. The van der Waals surface area contributed by atoms with Gasteiger partial charge < -0.3 is 30.3 Å². The average Bonchev–Trinajstić information content (AvgIpc) is 3.22. The Bertz CT molecular complexity index is 1680. The van der Waals surface area contributed by atoms with Crippen molar-refractivity contribution in [2.75, 3.05) is 19.6 Å². The Balaban J connectivity index is 1.80. The molecule has 21 heteroatoms. The van der Waals surface area contributed by atoms with Crippen molar-refractivity contribution in [3.63, 3.8) is 0 Å². The second-order valence-electron chi connectivity index (χ2n) is 17.4. The lowest BCUT2D eigenvalue weighted by molar-refractivity contribution is -0.326. The first-order valence-electron chi connectivity index (χ1n) is 21.4. The number of amides is 7. The van der Waals surface area contributed by atoms with Crippen LogP contribution in [0.3, 0.4) is 0 Å². The van der Waals surface area contributed by atoms with E-state index < -0.39 is 114 Å². The molecular formula is C40H66N8O13. The normalized spacial score (nSPS) is 33.3. The van der Waals surface area contributed by atoms with Crippen molar-refractivity contribution in [3.8, 4) is 0 Å². The zero-order chi connectivity index (χ0) is 45.7. The highest BCUT2D eigenvalue weighted by molar-refractivity contribution is 6.03. The van der Waals surface area contributed by atoms with Gasteiger partial charge in [-0.2, -0.15) is 0 Å². The van der Waals surface area contributed by atoms with E-state index in [2.05, 4.69) is 35.3 Å². The van der Waals surface area contributed by atoms with Crippen LogP contribution in [-0.4, -0.2) is 156 Å². The molecule has 11 atom stereocenters. The number of imide groups is 1. The third-order valence-corrected chi connectivity index (χ3v) is 12.6. The van der Waals surface area contributed by atoms with E-state index >= 15 is 0 Å². The molecule has 0 radical (unpaired) electrons. The number of hydroxylamine groups is 2. The van der Waals surface area contributed by atoms with Crippen LogP contribution >= 0.6 is 0 Å². The largest absolute Gasteiger partial charge is 0.458 e. The molecule has 4 aliphatic heterocycles. The molecule has 4 aliphatic rings. The zero-order valence-corrected chi connectivity index (χ0v) is 36.8. The number of aliphatic hydroxyl groups is 2. The average molecular weight is 867 g/mol. The smallest absolute Gasteiger partial charge is 0.331 e. The predicted molar refractivity (Wildman–Crippen MR) is 213 cm³/mol. The minimum absolute atomic E-state index is 0.0208. The number of carbonyl (C=O) groups excluding carboxylic acids is 8. The molecule has 0 unspecified atom stereocenters. The number of hydrogen-bond donors (Lipinski definition) is 7. The van der Waals surface area contributed by atoms with E-state index in [9.17, 15) is 53.8 Å². The highest BCUT2D eigenvalue weighted by atomic mass is 16.6. The van der Waals surface area contributed by atoms with Gasteiger partial charge in [0.2, 0.25) is 17.6 Å². The molecule has 4 heterocycles. The number of nitrogens with zero attached hydrogens (tertiary/aromatic N) is 4. The van der Waals surface area contributed by atoms with Gasteiger partial charge in [0.05, 0.1) is 12.6 Å². The topological polar surface area (TPSA) is 277 Å². The van der Waals surface area contributed by atoms with E-state index in [1.54, 1.807) is 20.8 Å². The Hall–Kier alpha value is -4.28. The van der Waals surface area contributed by atoms with Crippen molar-refractivity contribution in [3.05, 3.63) is 0 Å². The van der Waals surface area contributed by atoms with Crippen molar-refractivity contribution >= 4 is 47.3 Å². The van der Waals surface area contributed by atoms with E-state index in [0.29, 0.717) is 30.1 Å². The Morgan fingerprint density at radius 3 is 2.07 bits per heavy atom. The maximum absolute atomic E-state index is 14.9. The molecule has 0 bridgehead atoms. The molecule has 61 heavy (non-hydrogen) atoms. The number of hydrogen-bond acceptors (Lipinski definition) is 15. The first kappa shape index (κ1) is 49.4. The van der Waals surface area contributed by atoms with Crippen LogP contribution in [0.25, 0.3) is 0 Å². The van der Waals surface area contributed by atoms with Crippen molar-refractivity contribution in [1.29, 1.82) is 0 Å². The number of fused-ring (bicyclic) bond motifs is 2. The second kappa shape index (κ2) is 20.3. The van der Waals surface area contributed by atoms with E-state index in [1.165, 1.54) is 6.92 Å². The van der Waals surface area contributed by atoms with Crippen LogP contribution in [0.5, 0.6) is 0 Å². The standard InChI is InChI=1S/C40H66N8O13/c1-10-22(4)19-27-15-16-40(58,61-25(27)7)39(9,57)38(56)44-31-32(21(2)3)60-37(55)24(6)48(59)35(53)29-14-12-17-42-46(29)30(50)20-41-33(51)23(5)45(26(8)49)34(52)28-13-11-18-43-47(28)36(31)54/h21-25,27-29,31-32,42-43,57-59H,10-20H2,1-9H3,(H,41,51)(H,44,56)/t22-,23-,24+,25+,27+,28+,29-,31-,32-,39+,40+/m0/s1. The lowest BCUT2D eigenvalue weighted by atomic mass is 9.79. The summed E-state index contributed by atoms with van der Waals surface area (Å²) in [6.45, 7) is 13.2. The van der Waals surface area contributed by atoms with Gasteiger partial charge in [0.25, 0.3) is 29.5 Å². The van der Waals surface area contributed by atoms with Crippen LogP contribution in [0.2, 0.25) is 0 Å². The Morgan fingerprint density at radius 2 is 1.51 bits per heavy atom. The van der Waals surface area contributed by atoms with Gasteiger partial charge in [0.15, 0.2) is 11.6 Å². The first-order valence-corrected chi connectivity index (χ1v) is 21.4. The number of carbonyl (C=O) groups is 8. The molecule has 0 saturated carbocycles. The van der Waals surface area contributed by atoms with Crippen LogP contribution in [0.4, 0.5) is 0 Å². The summed E-state index contributed by atoms with van der Waals surface area (Å²) in [6.07, 6.45) is 0.508. The maximum atomic E-state index is 14.9. The van der Waals surface area contributed by atoms with Gasteiger partial charge in [-0.1, -0.05) is 34.1 Å². The summed E-state index contributed by atoms with van der Waals surface area (Å²) >= 11 is 0. The molecule has 7 N–H and O–H groups in total. The summed E-state index contributed by atoms with van der Waals surface area (Å²) in [5.74, 6) is -11.1. The van der Waals surface area contributed by atoms with Crippen LogP contribution in [0.1, 0.15) is 114 Å². The molecule has 7 amide bonds. The number of esters is 1.